The molecule has 3 heterocycles. The molecule has 120 valence electrons. The topological polar surface area (TPSA) is 80.9 Å². The summed E-state index contributed by atoms with van der Waals surface area (Å²) in [7, 11) is 0. The van der Waals surface area contributed by atoms with Gasteiger partial charge in [-0.15, -0.1) is 27.8 Å². The number of thiophene rings is 1. The highest BCUT2D eigenvalue weighted by atomic mass is 35.5. The van der Waals surface area contributed by atoms with Crippen LogP contribution in [0.1, 0.15) is 21.1 Å². The maximum atomic E-state index is 12.3. The van der Waals surface area contributed by atoms with Crippen LogP contribution < -0.4 is 5.32 Å². The number of aromatic nitrogens is 3. The van der Waals surface area contributed by atoms with Gasteiger partial charge in [-0.25, -0.2) is 4.98 Å². The molecule has 0 spiro atoms. The van der Waals surface area contributed by atoms with Gasteiger partial charge in [-0.2, -0.15) is 0 Å². The number of anilines is 1. The van der Waals surface area contributed by atoms with Crippen LogP contribution in [0.4, 0.5) is 6.01 Å². The molecule has 0 aliphatic rings. The average Bonchev–Trinajstić information content (AvgIpc) is 3.28. The Kier molecular flexibility index (Phi) is 4.01. The van der Waals surface area contributed by atoms with Crippen molar-refractivity contribution in [3.63, 3.8) is 0 Å². The number of amides is 1. The molecule has 0 atom stereocenters. The number of hydrogen-bond donors (Lipinski definition) is 1. The second kappa shape index (κ2) is 6.31. The van der Waals surface area contributed by atoms with Gasteiger partial charge in [0.25, 0.3) is 5.91 Å². The molecule has 4 aromatic rings. The predicted molar refractivity (Wildman–Crippen MR) is 94.0 cm³/mol. The van der Waals surface area contributed by atoms with Gasteiger partial charge in [-0.05, 0) is 30.3 Å². The van der Waals surface area contributed by atoms with Crippen LogP contribution in [-0.4, -0.2) is 21.1 Å². The lowest BCUT2D eigenvalue weighted by molar-refractivity contribution is 0.102. The Labute approximate surface area is 149 Å². The number of nitrogens with one attached hydrogen (secondary N) is 1. The molecule has 1 aromatic carbocycles. The van der Waals surface area contributed by atoms with Crippen LogP contribution >= 0.6 is 34.3 Å². The van der Waals surface area contributed by atoms with Gasteiger partial charge in [0.2, 0.25) is 5.89 Å². The Hall–Kier alpha value is -2.29. The van der Waals surface area contributed by atoms with Crippen molar-refractivity contribution in [2.45, 2.75) is 6.42 Å². The number of nitrogens with zero attached hydrogens (tertiary/aromatic N) is 3. The van der Waals surface area contributed by atoms with Gasteiger partial charge >= 0.3 is 6.01 Å². The first kappa shape index (κ1) is 15.3. The van der Waals surface area contributed by atoms with Crippen LogP contribution in [0, 0.1) is 0 Å². The molecular formula is C15H9ClN4O2S2. The van der Waals surface area contributed by atoms with Crippen molar-refractivity contribution in [1.82, 2.24) is 15.2 Å². The van der Waals surface area contributed by atoms with E-state index in [-0.39, 0.29) is 11.9 Å². The monoisotopic (exact) mass is 376 g/mol. The minimum Gasteiger partial charge on any atom is -0.407 e. The fraction of sp³-hybridized carbons (Fsp3) is 0.0667. The number of fused-ring (bicyclic) bond motifs is 1. The van der Waals surface area contributed by atoms with Crippen LogP contribution in [0.2, 0.25) is 4.34 Å². The van der Waals surface area contributed by atoms with Crippen LogP contribution in [-0.2, 0) is 6.42 Å². The summed E-state index contributed by atoms with van der Waals surface area (Å²) in [5.41, 5.74) is 3.12. The summed E-state index contributed by atoms with van der Waals surface area (Å²) >= 11 is 8.82. The standard InChI is InChI=1S/C15H9ClN4O2S2/c16-12-4-2-9(24-12)6-13-19-20-15(22-13)18-14(21)8-1-3-10-11(5-8)23-7-17-10/h1-5,7H,6H2,(H,18,20,21). The molecule has 0 unspecified atom stereocenters. The summed E-state index contributed by atoms with van der Waals surface area (Å²) in [4.78, 5) is 17.5. The molecule has 6 nitrogen and oxygen atoms in total. The lowest BCUT2D eigenvalue weighted by atomic mass is 10.2. The summed E-state index contributed by atoms with van der Waals surface area (Å²) in [6.07, 6.45) is 0.479. The van der Waals surface area contributed by atoms with Gasteiger partial charge in [0.1, 0.15) is 0 Å². The van der Waals surface area contributed by atoms with E-state index in [4.69, 9.17) is 16.0 Å². The van der Waals surface area contributed by atoms with Crippen molar-refractivity contribution in [2.75, 3.05) is 5.32 Å². The fourth-order valence-corrected chi connectivity index (χ4v) is 3.93. The van der Waals surface area contributed by atoms with E-state index in [2.05, 4.69) is 20.5 Å². The van der Waals surface area contributed by atoms with E-state index < -0.39 is 0 Å². The molecule has 3 aromatic heterocycles. The number of thiazole rings is 1. The maximum absolute atomic E-state index is 12.3. The van der Waals surface area contributed by atoms with E-state index in [0.717, 1.165) is 15.1 Å². The molecule has 0 aliphatic heterocycles. The molecule has 0 saturated heterocycles. The quantitative estimate of drug-likeness (QED) is 0.576. The van der Waals surface area contributed by atoms with E-state index in [9.17, 15) is 4.79 Å². The normalized spacial score (nSPS) is 11.0. The van der Waals surface area contributed by atoms with Crippen LogP contribution in [0.5, 0.6) is 0 Å². The lowest BCUT2D eigenvalue weighted by Gasteiger charge is -2.00. The van der Waals surface area contributed by atoms with E-state index in [0.29, 0.717) is 22.2 Å². The molecule has 0 radical (unpaired) electrons. The lowest BCUT2D eigenvalue weighted by Crippen LogP contribution is -2.11. The molecule has 0 fully saturated rings. The maximum Gasteiger partial charge on any atom is 0.322 e. The molecule has 4 rings (SSSR count). The van der Waals surface area contributed by atoms with E-state index in [1.165, 1.54) is 22.7 Å². The number of benzene rings is 1. The Balaban J connectivity index is 1.47. The number of rotatable bonds is 4. The summed E-state index contributed by atoms with van der Waals surface area (Å²) in [6.45, 7) is 0. The minimum absolute atomic E-state index is 0.0713. The highest BCUT2D eigenvalue weighted by Gasteiger charge is 2.13. The Morgan fingerprint density at radius 3 is 3.00 bits per heavy atom. The van der Waals surface area contributed by atoms with Gasteiger partial charge in [0.05, 0.1) is 26.5 Å². The molecule has 0 bridgehead atoms. The summed E-state index contributed by atoms with van der Waals surface area (Å²) in [5, 5.41) is 10.4. The highest BCUT2D eigenvalue weighted by Crippen LogP contribution is 2.24. The summed E-state index contributed by atoms with van der Waals surface area (Å²) in [6, 6.07) is 9.09. The molecular weight excluding hydrogens is 368 g/mol. The average molecular weight is 377 g/mol. The molecule has 24 heavy (non-hydrogen) atoms. The van der Waals surface area contributed by atoms with Crippen LogP contribution in [0.3, 0.4) is 0 Å². The molecule has 0 saturated carbocycles. The fourth-order valence-electron chi connectivity index (χ4n) is 2.14. The van der Waals surface area contributed by atoms with E-state index in [1.807, 2.05) is 12.1 Å². The second-order valence-electron chi connectivity index (χ2n) is 4.87. The number of hydrogen-bond acceptors (Lipinski definition) is 7. The van der Waals surface area contributed by atoms with Crippen molar-refractivity contribution < 1.29 is 9.21 Å². The van der Waals surface area contributed by atoms with E-state index >= 15 is 0 Å². The van der Waals surface area contributed by atoms with Gasteiger partial charge in [0, 0.05) is 10.4 Å². The third-order valence-corrected chi connectivity index (χ3v) is 5.26. The first-order valence-electron chi connectivity index (χ1n) is 6.88. The Morgan fingerprint density at radius 2 is 2.17 bits per heavy atom. The van der Waals surface area contributed by atoms with Crippen molar-refractivity contribution >= 4 is 56.4 Å². The van der Waals surface area contributed by atoms with Gasteiger partial charge in [-0.3, -0.25) is 10.1 Å². The zero-order valence-corrected chi connectivity index (χ0v) is 14.4. The first-order valence-corrected chi connectivity index (χ1v) is 8.96. The van der Waals surface area contributed by atoms with Crippen LogP contribution in [0.25, 0.3) is 10.2 Å². The van der Waals surface area contributed by atoms with E-state index in [1.54, 1.807) is 23.7 Å². The van der Waals surface area contributed by atoms with Gasteiger partial charge in [-0.1, -0.05) is 16.7 Å². The predicted octanol–water partition coefficient (Wildman–Crippen LogP) is 4.24. The zero-order chi connectivity index (χ0) is 16.5. The molecule has 1 N–H and O–H groups in total. The molecule has 0 aliphatic carbocycles. The van der Waals surface area contributed by atoms with Crippen LogP contribution in [0.15, 0.2) is 40.3 Å². The minimum atomic E-state index is -0.306. The zero-order valence-electron chi connectivity index (χ0n) is 12.0. The summed E-state index contributed by atoms with van der Waals surface area (Å²) in [5.74, 6) is 0.112. The Morgan fingerprint density at radius 1 is 1.25 bits per heavy atom. The number of carbonyl (C=O) groups is 1. The first-order chi connectivity index (χ1) is 11.7. The Bertz CT molecular complexity index is 1020. The van der Waals surface area contributed by atoms with Crippen molar-refractivity contribution in [2.24, 2.45) is 0 Å². The van der Waals surface area contributed by atoms with Crippen molar-refractivity contribution in [3.8, 4) is 0 Å². The van der Waals surface area contributed by atoms with Gasteiger partial charge < -0.3 is 4.42 Å². The SMILES string of the molecule is O=C(Nc1nnc(Cc2ccc(Cl)s2)o1)c1ccc2ncsc2c1. The third kappa shape index (κ3) is 3.16. The van der Waals surface area contributed by atoms with Crippen molar-refractivity contribution in [1.29, 1.82) is 0 Å². The smallest absolute Gasteiger partial charge is 0.322 e. The molecule has 1 amide bonds. The van der Waals surface area contributed by atoms with Gasteiger partial charge in [0.15, 0.2) is 0 Å². The summed E-state index contributed by atoms with van der Waals surface area (Å²) < 4.78 is 7.11. The highest BCUT2D eigenvalue weighted by molar-refractivity contribution is 7.16. The number of halogens is 1. The number of carbonyl (C=O) groups excluding carboxylic acids is 1. The molecule has 9 heteroatoms. The third-order valence-electron chi connectivity index (χ3n) is 3.24. The largest absolute Gasteiger partial charge is 0.407 e. The second-order valence-corrected chi connectivity index (χ2v) is 7.56. The van der Waals surface area contributed by atoms with Crippen molar-refractivity contribution in [3.05, 3.63) is 56.5 Å².